The molecule has 18 heavy (non-hydrogen) atoms. The molecule has 1 fully saturated rings. The third-order valence-electron chi connectivity index (χ3n) is 4.30. The lowest BCUT2D eigenvalue weighted by atomic mass is 9.75. The summed E-state index contributed by atoms with van der Waals surface area (Å²) in [5.41, 5.74) is 0.936. The first-order valence-corrected chi connectivity index (χ1v) is 6.57. The van der Waals surface area contributed by atoms with Gasteiger partial charge in [-0.1, -0.05) is 20.3 Å². The molecular weight excluding hydrogens is 232 g/mol. The minimum atomic E-state index is -0.499. The van der Waals surface area contributed by atoms with Gasteiger partial charge >= 0.3 is 0 Å². The molecule has 1 aromatic carbocycles. The Morgan fingerprint density at radius 1 is 1.22 bits per heavy atom. The van der Waals surface area contributed by atoms with Crippen LogP contribution in [0, 0.1) is 23.0 Å². The zero-order valence-electron chi connectivity index (χ0n) is 11.3. The van der Waals surface area contributed by atoms with E-state index in [2.05, 4.69) is 19.2 Å². The van der Waals surface area contributed by atoms with E-state index >= 15 is 0 Å². The highest BCUT2D eigenvalue weighted by molar-refractivity contribution is 5.23. The van der Waals surface area contributed by atoms with Gasteiger partial charge in [0, 0.05) is 12.1 Å². The first-order chi connectivity index (χ1) is 8.44. The van der Waals surface area contributed by atoms with Crippen LogP contribution in [-0.4, -0.2) is 7.05 Å². The van der Waals surface area contributed by atoms with Crippen molar-refractivity contribution in [2.24, 2.45) is 11.3 Å². The summed E-state index contributed by atoms with van der Waals surface area (Å²) in [4.78, 5) is 0. The fraction of sp³-hybridized carbons (Fsp3) is 0.600. The van der Waals surface area contributed by atoms with E-state index in [1.165, 1.54) is 25.0 Å². The minimum absolute atomic E-state index is 0.0210. The molecule has 2 atom stereocenters. The summed E-state index contributed by atoms with van der Waals surface area (Å²) in [5.74, 6) is -0.578. The fourth-order valence-electron chi connectivity index (χ4n) is 3.33. The standard InChI is InChI=1S/C15H21F2N/c1-15(2)6-4-5-13(15)14(18-3)10-7-11(16)9-12(17)8-10/h7-9,13-14,18H,4-6H2,1-3H3. The molecule has 0 aliphatic heterocycles. The van der Waals surface area contributed by atoms with Crippen LogP contribution in [0.1, 0.15) is 44.7 Å². The van der Waals surface area contributed by atoms with Crippen molar-refractivity contribution < 1.29 is 8.78 Å². The predicted octanol–water partition coefficient (Wildman–Crippen LogP) is 4.05. The van der Waals surface area contributed by atoms with Crippen molar-refractivity contribution in [2.75, 3.05) is 7.05 Å². The second kappa shape index (κ2) is 4.96. The van der Waals surface area contributed by atoms with E-state index < -0.39 is 11.6 Å². The molecule has 0 amide bonds. The third kappa shape index (κ3) is 2.56. The monoisotopic (exact) mass is 253 g/mol. The van der Waals surface area contributed by atoms with E-state index in [4.69, 9.17) is 0 Å². The van der Waals surface area contributed by atoms with Gasteiger partial charge in [-0.05, 0) is 48.9 Å². The van der Waals surface area contributed by atoms with Crippen LogP contribution in [0.2, 0.25) is 0 Å². The van der Waals surface area contributed by atoms with Gasteiger partial charge in [0.05, 0.1) is 0 Å². The Morgan fingerprint density at radius 2 is 1.83 bits per heavy atom. The van der Waals surface area contributed by atoms with E-state index in [1.54, 1.807) is 0 Å². The molecule has 0 saturated heterocycles. The van der Waals surface area contributed by atoms with Gasteiger partial charge in [-0.3, -0.25) is 0 Å². The number of rotatable bonds is 3. The highest BCUT2D eigenvalue weighted by Crippen LogP contribution is 2.48. The minimum Gasteiger partial charge on any atom is -0.313 e. The number of halogens is 2. The predicted molar refractivity (Wildman–Crippen MR) is 69.3 cm³/mol. The van der Waals surface area contributed by atoms with E-state index in [9.17, 15) is 8.78 Å². The van der Waals surface area contributed by atoms with Gasteiger partial charge in [0.2, 0.25) is 0 Å². The topological polar surface area (TPSA) is 12.0 Å². The molecule has 1 aromatic rings. The molecule has 1 N–H and O–H groups in total. The van der Waals surface area contributed by atoms with Crippen molar-refractivity contribution in [1.82, 2.24) is 5.32 Å². The normalized spacial score (nSPS) is 24.2. The second-order valence-electron chi connectivity index (χ2n) is 5.96. The molecule has 1 aliphatic carbocycles. The lowest BCUT2D eigenvalue weighted by Gasteiger charge is -2.34. The van der Waals surface area contributed by atoms with Crippen molar-refractivity contribution in [1.29, 1.82) is 0 Å². The maximum Gasteiger partial charge on any atom is 0.126 e. The van der Waals surface area contributed by atoms with Crippen LogP contribution in [0.4, 0.5) is 8.78 Å². The Kier molecular flexibility index (Phi) is 3.71. The lowest BCUT2D eigenvalue weighted by Crippen LogP contribution is -2.32. The largest absolute Gasteiger partial charge is 0.313 e. The summed E-state index contributed by atoms with van der Waals surface area (Å²) in [6, 6.07) is 3.83. The van der Waals surface area contributed by atoms with Crippen LogP contribution in [0.15, 0.2) is 18.2 Å². The lowest BCUT2D eigenvalue weighted by molar-refractivity contribution is 0.203. The van der Waals surface area contributed by atoms with Crippen molar-refractivity contribution in [2.45, 2.75) is 39.2 Å². The molecule has 0 heterocycles. The Balaban J connectivity index is 2.33. The van der Waals surface area contributed by atoms with Crippen LogP contribution < -0.4 is 5.32 Å². The molecule has 1 nitrogen and oxygen atoms in total. The van der Waals surface area contributed by atoms with E-state index in [0.29, 0.717) is 5.92 Å². The highest BCUT2D eigenvalue weighted by Gasteiger charge is 2.39. The fourth-order valence-corrected chi connectivity index (χ4v) is 3.33. The summed E-state index contributed by atoms with van der Waals surface area (Å²) in [6.45, 7) is 4.48. The molecule has 100 valence electrons. The zero-order valence-corrected chi connectivity index (χ0v) is 11.3. The van der Waals surface area contributed by atoms with Gasteiger partial charge in [0.1, 0.15) is 11.6 Å². The number of benzene rings is 1. The Bertz CT molecular complexity index is 408. The first-order valence-electron chi connectivity index (χ1n) is 6.57. The number of hydrogen-bond donors (Lipinski definition) is 1. The van der Waals surface area contributed by atoms with Crippen LogP contribution in [0.5, 0.6) is 0 Å². The van der Waals surface area contributed by atoms with E-state index in [1.807, 2.05) is 7.05 Å². The van der Waals surface area contributed by atoms with Crippen molar-refractivity contribution in [3.63, 3.8) is 0 Å². The summed E-state index contributed by atoms with van der Waals surface area (Å²) >= 11 is 0. The number of nitrogens with one attached hydrogen (secondary N) is 1. The zero-order chi connectivity index (χ0) is 13.3. The van der Waals surface area contributed by atoms with Crippen molar-refractivity contribution >= 4 is 0 Å². The molecule has 0 spiro atoms. The molecule has 1 saturated carbocycles. The van der Waals surface area contributed by atoms with E-state index in [-0.39, 0.29) is 11.5 Å². The Labute approximate surface area is 108 Å². The average molecular weight is 253 g/mol. The third-order valence-corrected chi connectivity index (χ3v) is 4.30. The van der Waals surface area contributed by atoms with Gasteiger partial charge < -0.3 is 5.32 Å². The van der Waals surface area contributed by atoms with Gasteiger partial charge in [0.15, 0.2) is 0 Å². The van der Waals surface area contributed by atoms with Crippen LogP contribution in [0.25, 0.3) is 0 Å². The quantitative estimate of drug-likeness (QED) is 0.857. The molecule has 0 radical (unpaired) electrons. The van der Waals surface area contributed by atoms with Crippen LogP contribution in [-0.2, 0) is 0 Å². The Hall–Kier alpha value is -0.960. The molecular formula is C15H21F2N. The maximum absolute atomic E-state index is 13.3. The second-order valence-corrected chi connectivity index (χ2v) is 5.96. The molecule has 0 bridgehead atoms. The van der Waals surface area contributed by atoms with Gasteiger partial charge in [-0.25, -0.2) is 8.78 Å². The van der Waals surface area contributed by atoms with Crippen LogP contribution >= 0.6 is 0 Å². The smallest absolute Gasteiger partial charge is 0.126 e. The van der Waals surface area contributed by atoms with Crippen LogP contribution in [0.3, 0.4) is 0 Å². The highest BCUT2D eigenvalue weighted by atomic mass is 19.1. The molecule has 0 aromatic heterocycles. The molecule has 2 unspecified atom stereocenters. The molecule has 1 aliphatic rings. The van der Waals surface area contributed by atoms with E-state index in [0.717, 1.165) is 18.1 Å². The van der Waals surface area contributed by atoms with Gasteiger partial charge in [0.25, 0.3) is 0 Å². The van der Waals surface area contributed by atoms with Gasteiger partial charge in [-0.15, -0.1) is 0 Å². The SMILES string of the molecule is CNC(c1cc(F)cc(F)c1)C1CCCC1(C)C. The average Bonchev–Trinajstić information content (AvgIpc) is 2.59. The summed E-state index contributed by atoms with van der Waals surface area (Å²) in [5, 5.41) is 3.24. The van der Waals surface area contributed by atoms with Crippen molar-refractivity contribution in [3.05, 3.63) is 35.4 Å². The van der Waals surface area contributed by atoms with Gasteiger partial charge in [-0.2, -0.15) is 0 Å². The molecule has 2 rings (SSSR count). The number of hydrogen-bond acceptors (Lipinski definition) is 1. The summed E-state index contributed by atoms with van der Waals surface area (Å²) in [6.07, 6.45) is 3.47. The summed E-state index contributed by atoms with van der Waals surface area (Å²) < 4.78 is 26.7. The first kappa shape index (κ1) is 13.5. The maximum atomic E-state index is 13.3. The summed E-state index contributed by atoms with van der Waals surface area (Å²) in [7, 11) is 1.86. The molecule has 3 heteroatoms. The Morgan fingerprint density at radius 3 is 2.28 bits per heavy atom. The van der Waals surface area contributed by atoms with Crippen molar-refractivity contribution in [3.8, 4) is 0 Å².